The molecule has 112 valence electrons. The molecule has 6 nitrogen and oxygen atoms in total. The van der Waals surface area contributed by atoms with Crippen LogP contribution in [0.5, 0.6) is 0 Å². The number of carbonyl (C=O) groups is 2. The molecule has 3 N–H and O–H groups in total. The van der Waals surface area contributed by atoms with Crippen LogP contribution in [0.25, 0.3) is 5.69 Å². The Kier molecular flexibility index (Phi) is 3.34. The van der Waals surface area contributed by atoms with Gasteiger partial charge < -0.3 is 5.73 Å². The van der Waals surface area contributed by atoms with Gasteiger partial charge in [-0.05, 0) is 40.5 Å². The van der Waals surface area contributed by atoms with E-state index in [1.807, 2.05) is 0 Å². The van der Waals surface area contributed by atoms with Crippen LogP contribution in [0, 0.1) is 6.92 Å². The van der Waals surface area contributed by atoms with Gasteiger partial charge in [0.2, 0.25) is 0 Å². The van der Waals surface area contributed by atoms with Gasteiger partial charge in [-0.1, -0.05) is 11.6 Å². The highest BCUT2D eigenvalue weighted by Gasteiger charge is 2.32. The number of fused-ring (bicyclic) bond motifs is 1. The Morgan fingerprint density at radius 1 is 1.23 bits per heavy atom. The second-order valence-corrected chi connectivity index (χ2v) is 6.04. The second-order valence-electron chi connectivity index (χ2n) is 4.78. The molecule has 1 aliphatic heterocycles. The molecular weight excluding hydrogens is 374 g/mol. The van der Waals surface area contributed by atoms with Crippen molar-refractivity contribution < 1.29 is 9.59 Å². The van der Waals surface area contributed by atoms with Crippen molar-refractivity contribution >= 4 is 45.2 Å². The zero-order valence-corrected chi connectivity index (χ0v) is 13.6. The summed E-state index contributed by atoms with van der Waals surface area (Å²) in [6, 6.07) is 4.45. The Hall–Kier alpha value is -2.12. The molecule has 0 radical (unpaired) electrons. The number of benzene rings is 1. The Labute approximate surface area is 138 Å². The highest BCUT2D eigenvalue weighted by Crippen LogP contribution is 2.32. The zero-order valence-electron chi connectivity index (χ0n) is 11.2. The number of imide groups is 1. The van der Waals surface area contributed by atoms with Crippen LogP contribution in [0.2, 0.25) is 5.02 Å². The lowest BCUT2D eigenvalue weighted by Crippen LogP contribution is -2.25. The van der Waals surface area contributed by atoms with Gasteiger partial charge in [-0.25, -0.2) is 0 Å². The molecule has 2 heterocycles. The number of carbonyl (C=O) groups excluding carboxylic acids is 2. The molecule has 8 heteroatoms. The van der Waals surface area contributed by atoms with Crippen molar-refractivity contribution in [3.05, 3.63) is 54.7 Å². The summed E-state index contributed by atoms with van der Waals surface area (Å²) in [4.78, 5) is 35.9. The number of hydrogen-bond donors (Lipinski definition) is 2. The summed E-state index contributed by atoms with van der Waals surface area (Å²) in [5.74, 6) is -1.35. The summed E-state index contributed by atoms with van der Waals surface area (Å²) >= 11 is 9.45. The number of nitrogens with zero attached hydrogens (tertiary/aromatic N) is 1. The number of nitrogen functional groups attached to an aromatic ring is 1. The number of amides is 2. The monoisotopic (exact) mass is 381 g/mol. The van der Waals surface area contributed by atoms with Crippen LogP contribution in [-0.4, -0.2) is 16.4 Å². The van der Waals surface area contributed by atoms with Gasteiger partial charge >= 0.3 is 0 Å². The molecule has 0 atom stereocenters. The summed E-state index contributed by atoms with van der Waals surface area (Å²) in [6.45, 7) is 1.73. The van der Waals surface area contributed by atoms with Crippen LogP contribution in [0.15, 0.2) is 27.5 Å². The van der Waals surface area contributed by atoms with Crippen molar-refractivity contribution in [1.82, 2.24) is 9.88 Å². The first-order chi connectivity index (χ1) is 10.3. The average Bonchev–Trinajstić information content (AvgIpc) is 2.73. The highest BCUT2D eigenvalue weighted by atomic mass is 79.9. The molecule has 2 aromatic rings. The third-order valence-electron chi connectivity index (χ3n) is 3.49. The van der Waals surface area contributed by atoms with Gasteiger partial charge in [-0.2, -0.15) is 0 Å². The second kappa shape index (κ2) is 4.96. The number of pyridine rings is 1. The van der Waals surface area contributed by atoms with Crippen LogP contribution in [-0.2, 0) is 0 Å². The standard InChI is InChI=1S/C14H9BrClN3O3/c1-5-8(16)3-2-7(15)11(5)19-9(20)4-6-10(12(19)17)14(22)18-13(6)21/h2-4H,17H2,1H3,(H,18,21,22). The number of rotatable bonds is 1. The van der Waals surface area contributed by atoms with E-state index in [9.17, 15) is 14.4 Å². The van der Waals surface area contributed by atoms with Gasteiger partial charge in [-0.3, -0.25) is 24.3 Å². The van der Waals surface area contributed by atoms with Crippen molar-refractivity contribution in [2.75, 3.05) is 5.73 Å². The summed E-state index contributed by atoms with van der Waals surface area (Å²) in [5, 5.41) is 2.57. The fraction of sp³-hybridized carbons (Fsp3) is 0.0714. The van der Waals surface area contributed by atoms with Gasteiger partial charge in [-0.15, -0.1) is 0 Å². The highest BCUT2D eigenvalue weighted by molar-refractivity contribution is 9.10. The van der Waals surface area contributed by atoms with Crippen LogP contribution in [0.4, 0.5) is 5.82 Å². The fourth-order valence-corrected chi connectivity index (χ4v) is 3.19. The lowest BCUT2D eigenvalue weighted by atomic mass is 10.1. The number of halogens is 2. The molecule has 0 aliphatic carbocycles. The Morgan fingerprint density at radius 2 is 1.91 bits per heavy atom. The predicted octanol–water partition coefficient (Wildman–Crippen LogP) is 2.03. The number of nitrogens with two attached hydrogens (primary N) is 1. The molecule has 1 aliphatic rings. The van der Waals surface area contributed by atoms with Gasteiger partial charge in [0.15, 0.2) is 0 Å². The molecule has 1 aromatic carbocycles. The van der Waals surface area contributed by atoms with E-state index in [0.29, 0.717) is 20.7 Å². The summed E-state index contributed by atoms with van der Waals surface area (Å²) < 4.78 is 1.76. The summed E-state index contributed by atoms with van der Waals surface area (Å²) in [5.41, 5.74) is 6.51. The molecule has 0 saturated heterocycles. The van der Waals surface area contributed by atoms with Crippen LogP contribution < -0.4 is 16.6 Å². The maximum absolute atomic E-state index is 12.4. The first-order valence-electron chi connectivity index (χ1n) is 6.19. The molecule has 2 amide bonds. The van der Waals surface area contributed by atoms with Crippen molar-refractivity contribution in [1.29, 1.82) is 0 Å². The third-order valence-corrected chi connectivity index (χ3v) is 4.54. The van der Waals surface area contributed by atoms with E-state index in [1.54, 1.807) is 19.1 Å². The van der Waals surface area contributed by atoms with E-state index in [2.05, 4.69) is 21.2 Å². The molecule has 0 fully saturated rings. The number of aromatic nitrogens is 1. The molecule has 0 saturated carbocycles. The first kappa shape index (κ1) is 14.8. The summed E-state index contributed by atoms with van der Waals surface area (Å²) in [7, 11) is 0. The smallest absolute Gasteiger partial charge is 0.262 e. The van der Waals surface area contributed by atoms with E-state index >= 15 is 0 Å². The minimum absolute atomic E-state index is 0.00382. The SMILES string of the molecule is Cc1c(Cl)ccc(Br)c1-n1c(N)c2c(cc1=O)C(=O)NC2=O. The average molecular weight is 383 g/mol. The normalized spacial score (nSPS) is 13.2. The first-order valence-corrected chi connectivity index (χ1v) is 7.36. The topological polar surface area (TPSA) is 94.2 Å². The Bertz CT molecular complexity index is 921. The van der Waals surface area contributed by atoms with Gasteiger partial charge in [0, 0.05) is 15.6 Å². The fourth-order valence-electron chi connectivity index (χ4n) is 2.43. The molecule has 0 unspecified atom stereocenters. The Balaban J connectivity index is 2.43. The van der Waals surface area contributed by atoms with Crippen molar-refractivity contribution in [3.63, 3.8) is 0 Å². The number of hydrogen-bond acceptors (Lipinski definition) is 4. The molecule has 22 heavy (non-hydrogen) atoms. The number of anilines is 1. The lowest BCUT2D eigenvalue weighted by molar-refractivity contribution is 0.0880. The van der Waals surface area contributed by atoms with Crippen molar-refractivity contribution in [2.24, 2.45) is 0 Å². The maximum atomic E-state index is 12.4. The van der Waals surface area contributed by atoms with Crippen molar-refractivity contribution in [2.45, 2.75) is 6.92 Å². The summed E-state index contributed by atoms with van der Waals surface area (Å²) in [6.07, 6.45) is 0. The zero-order chi connectivity index (χ0) is 16.2. The largest absolute Gasteiger partial charge is 0.384 e. The Morgan fingerprint density at radius 3 is 2.59 bits per heavy atom. The van der Waals surface area contributed by atoms with Gasteiger partial charge in [0.25, 0.3) is 17.4 Å². The van der Waals surface area contributed by atoms with E-state index in [4.69, 9.17) is 17.3 Å². The molecule has 3 rings (SSSR count). The minimum atomic E-state index is -0.627. The quantitative estimate of drug-likeness (QED) is 0.738. The van der Waals surface area contributed by atoms with Crippen LogP contribution in [0.3, 0.4) is 0 Å². The van der Waals surface area contributed by atoms with E-state index in [-0.39, 0.29) is 16.9 Å². The van der Waals surface area contributed by atoms with Crippen LogP contribution in [0.1, 0.15) is 26.3 Å². The van der Waals surface area contributed by atoms with Crippen LogP contribution >= 0.6 is 27.5 Å². The van der Waals surface area contributed by atoms with E-state index in [1.165, 1.54) is 4.57 Å². The lowest BCUT2D eigenvalue weighted by Gasteiger charge is -2.16. The minimum Gasteiger partial charge on any atom is -0.384 e. The third kappa shape index (κ3) is 1.97. The predicted molar refractivity (Wildman–Crippen MR) is 85.7 cm³/mol. The molecule has 1 aromatic heterocycles. The molecular formula is C14H9BrClN3O3. The van der Waals surface area contributed by atoms with Crippen molar-refractivity contribution in [3.8, 4) is 5.69 Å². The van der Waals surface area contributed by atoms with E-state index < -0.39 is 17.4 Å². The van der Waals surface area contributed by atoms with Gasteiger partial charge in [0.1, 0.15) is 5.82 Å². The van der Waals surface area contributed by atoms with E-state index in [0.717, 1.165) is 6.07 Å². The maximum Gasteiger partial charge on any atom is 0.262 e. The molecule has 0 spiro atoms. The molecule has 0 bridgehead atoms. The number of nitrogens with one attached hydrogen (secondary N) is 1. The van der Waals surface area contributed by atoms with Gasteiger partial charge in [0.05, 0.1) is 16.8 Å².